The van der Waals surface area contributed by atoms with Crippen LogP contribution in [-0.2, 0) is 11.3 Å². The van der Waals surface area contributed by atoms with Crippen LogP contribution in [0.2, 0.25) is 0 Å². The first-order valence-corrected chi connectivity index (χ1v) is 12.8. The molecule has 0 radical (unpaired) electrons. The lowest BCUT2D eigenvalue weighted by Crippen LogP contribution is -2.53. The topological polar surface area (TPSA) is 53.1 Å². The summed E-state index contributed by atoms with van der Waals surface area (Å²) in [6, 6.07) is 20.7. The van der Waals surface area contributed by atoms with Gasteiger partial charge in [-0.2, -0.15) is 0 Å². The van der Waals surface area contributed by atoms with Crippen molar-refractivity contribution in [1.29, 1.82) is 0 Å². The Kier molecular flexibility index (Phi) is 7.24. The number of piperazine rings is 1. The third kappa shape index (κ3) is 4.96. The molecular formula is C30H32FN3O3. The van der Waals surface area contributed by atoms with Gasteiger partial charge in [-0.25, -0.2) is 4.39 Å². The van der Waals surface area contributed by atoms with Crippen LogP contribution in [0.4, 0.5) is 4.39 Å². The molecular weight excluding hydrogens is 469 g/mol. The molecule has 5 rings (SSSR count). The van der Waals surface area contributed by atoms with E-state index in [0.29, 0.717) is 24.4 Å². The first kappa shape index (κ1) is 25.0. The monoisotopic (exact) mass is 501 g/mol. The van der Waals surface area contributed by atoms with E-state index in [-0.39, 0.29) is 24.2 Å². The highest BCUT2D eigenvalue weighted by Gasteiger charge is 2.45. The molecule has 37 heavy (non-hydrogen) atoms. The van der Waals surface area contributed by atoms with Crippen molar-refractivity contribution in [3.8, 4) is 5.75 Å². The summed E-state index contributed by atoms with van der Waals surface area (Å²) < 4.78 is 19.0. The van der Waals surface area contributed by atoms with Gasteiger partial charge in [-0.05, 0) is 53.6 Å². The molecule has 6 nitrogen and oxygen atoms in total. The van der Waals surface area contributed by atoms with Gasteiger partial charge in [0.25, 0.3) is 5.91 Å². The van der Waals surface area contributed by atoms with Crippen LogP contribution in [0.15, 0.2) is 72.8 Å². The summed E-state index contributed by atoms with van der Waals surface area (Å²) in [4.78, 5) is 34.2. The van der Waals surface area contributed by atoms with Gasteiger partial charge in [0.15, 0.2) is 0 Å². The summed E-state index contributed by atoms with van der Waals surface area (Å²) in [6.45, 7) is 6.34. The van der Waals surface area contributed by atoms with Crippen LogP contribution in [0, 0.1) is 5.82 Å². The number of carbonyl (C=O) groups is 2. The molecule has 2 aliphatic heterocycles. The van der Waals surface area contributed by atoms with E-state index in [1.165, 1.54) is 12.1 Å². The Morgan fingerprint density at radius 1 is 0.946 bits per heavy atom. The lowest BCUT2D eigenvalue weighted by atomic mass is 9.78. The van der Waals surface area contributed by atoms with Crippen molar-refractivity contribution in [3.05, 3.63) is 101 Å². The third-order valence-electron chi connectivity index (χ3n) is 7.56. The van der Waals surface area contributed by atoms with Crippen LogP contribution < -0.4 is 4.74 Å². The molecule has 1 saturated heterocycles. The lowest BCUT2D eigenvalue weighted by molar-refractivity contribution is -0.136. The minimum absolute atomic E-state index is 0.0284. The minimum atomic E-state index is -0.559. The average molecular weight is 502 g/mol. The maximum atomic E-state index is 14.3. The molecule has 2 heterocycles. The molecule has 2 amide bonds. The molecule has 7 heteroatoms. The second kappa shape index (κ2) is 10.7. The summed E-state index contributed by atoms with van der Waals surface area (Å²) in [5.41, 5.74) is 2.96. The highest BCUT2D eigenvalue weighted by molar-refractivity contribution is 6.01. The Morgan fingerprint density at radius 2 is 1.62 bits per heavy atom. The van der Waals surface area contributed by atoms with E-state index >= 15 is 0 Å². The van der Waals surface area contributed by atoms with Gasteiger partial charge in [-0.3, -0.25) is 9.59 Å². The number of fused-ring (bicyclic) bond motifs is 1. The summed E-state index contributed by atoms with van der Waals surface area (Å²) in [6.07, 6.45) is 0. The van der Waals surface area contributed by atoms with Gasteiger partial charge in [-0.1, -0.05) is 49.4 Å². The zero-order valence-corrected chi connectivity index (χ0v) is 21.3. The maximum Gasteiger partial charge on any atom is 0.255 e. The van der Waals surface area contributed by atoms with Crippen LogP contribution in [0.3, 0.4) is 0 Å². The minimum Gasteiger partial charge on any atom is -0.497 e. The fraction of sp³-hybridized carbons (Fsp3) is 0.333. The number of ether oxygens (including phenoxy) is 1. The highest BCUT2D eigenvalue weighted by Crippen LogP contribution is 2.44. The Hall–Kier alpha value is -3.71. The smallest absolute Gasteiger partial charge is 0.255 e. The van der Waals surface area contributed by atoms with Gasteiger partial charge >= 0.3 is 0 Å². The SMILES string of the molecule is CCN1CCN(C(=O)C2c3ccccc3C(=O)N(Cc3ccc(F)cc3)C2c2ccc(OC)cc2)CC1. The number of methoxy groups -OCH3 is 1. The van der Waals surface area contributed by atoms with Gasteiger partial charge in [0.05, 0.1) is 19.1 Å². The fourth-order valence-electron chi connectivity index (χ4n) is 5.47. The third-order valence-corrected chi connectivity index (χ3v) is 7.56. The van der Waals surface area contributed by atoms with Crippen molar-refractivity contribution in [2.75, 3.05) is 39.8 Å². The van der Waals surface area contributed by atoms with Gasteiger partial charge in [0, 0.05) is 38.3 Å². The van der Waals surface area contributed by atoms with Crippen LogP contribution in [-0.4, -0.2) is 66.3 Å². The number of rotatable bonds is 6. The summed E-state index contributed by atoms with van der Waals surface area (Å²) in [5.74, 6) is -0.294. The number of halogens is 1. The Morgan fingerprint density at radius 3 is 2.27 bits per heavy atom. The molecule has 3 aromatic carbocycles. The summed E-state index contributed by atoms with van der Waals surface area (Å²) in [5, 5.41) is 0. The maximum absolute atomic E-state index is 14.3. The molecule has 192 valence electrons. The first-order valence-electron chi connectivity index (χ1n) is 12.8. The van der Waals surface area contributed by atoms with Crippen molar-refractivity contribution in [2.45, 2.75) is 25.4 Å². The molecule has 3 aromatic rings. The quantitative estimate of drug-likeness (QED) is 0.500. The number of amides is 2. The number of benzene rings is 3. The first-order chi connectivity index (χ1) is 18.0. The van der Waals surface area contributed by atoms with Crippen molar-refractivity contribution in [2.24, 2.45) is 0 Å². The zero-order valence-electron chi connectivity index (χ0n) is 21.3. The molecule has 0 aromatic heterocycles. The van der Waals surface area contributed by atoms with E-state index in [1.54, 1.807) is 30.2 Å². The van der Waals surface area contributed by atoms with Gasteiger partial charge in [0.2, 0.25) is 5.91 Å². The van der Waals surface area contributed by atoms with E-state index in [2.05, 4.69) is 11.8 Å². The largest absolute Gasteiger partial charge is 0.497 e. The number of likely N-dealkylation sites (N-methyl/N-ethyl adjacent to an activating group) is 1. The Labute approximate surface area is 217 Å². The highest BCUT2D eigenvalue weighted by atomic mass is 19.1. The Balaban J connectivity index is 1.60. The standard InChI is InChI=1S/C30H32FN3O3/c1-3-32-16-18-33(19-17-32)30(36)27-25-6-4-5-7-26(25)29(35)34(20-21-8-12-23(31)13-9-21)28(27)22-10-14-24(37-2)15-11-22/h4-15,27-28H,3,16-20H2,1-2H3. The number of carbonyl (C=O) groups excluding carboxylic acids is 2. The van der Waals surface area contributed by atoms with E-state index in [1.807, 2.05) is 47.4 Å². The van der Waals surface area contributed by atoms with Crippen molar-refractivity contribution >= 4 is 11.8 Å². The lowest BCUT2D eigenvalue weighted by Gasteiger charge is -2.44. The van der Waals surface area contributed by atoms with E-state index in [9.17, 15) is 14.0 Å². The molecule has 0 aliphatic carbocycles. The van der Waals surface area contributed by atoms with Crippen LogP contribution in [0.5, 0.6) is 5.75 Å². The molecule has 0 N–H and O–H groups in total. The zero-order chi connectivity index (χ0) is 25.9. The molecule has 0 spiro atoms. The van der Waals surface area contributed by atoms with E-state index < -0.39 is 12.0 Å². The number of nitrogens with zero attached hydrogens (tertiary/aromatic N) is 3. The molecule has 1 fully saturated rings. The number of hydrogen-bond donors (Lipinski definition) is 0. The number of hydrogen-bond acceptors (Lipinski definition) is 4. The van der Waals surface area contributed by atoms with Crippen molar-refractivity contribution < 1.29 is 18.7 Å². The van der Waals surface area contributed by atoms with Crippen LogP contribution in [0.25, 0.3) is 0 Å². The van der Waals surface area contributed by atoms with Crippen LogP contribution in [0.1, 0.15) is 45.9 Å². The summed E-state index contributed by atoms with van der Waals surface area (Å²) in [7, 11) is 1.61. The Bertz CT molecular complexity index is 1250. The summed E-state index contributed by atoms with van der Waals surface area (Å²) >= 11 is 0. The molecule has 2 aliphatic rings. The second-order valence-corrected chi connectivity index (χ2v) is 9.60. The van der Waals surface area contributed by atoms with Crippen LogP contribution >= 0.6 is 0 Å². The van der Waals surface area contributed by atoms with Crippen molar-refractivity contribution in [1.82, 2.24) is 14.7 Å². The molecule has 0 saturated carbocycles. The molecule has 2 atom stereocenters. The molecule has 2 unspecified atom stereocenters. The fourth-order valence-corrected chi connectivity index (χ4v) is 5.47. The average Bonchev–Trinajstić information content (AvgIpc) is 2.95. The van der Waals surface area contributed by atoms with E-state index in [0.717, 1.165) is 36.3 Å². The van der Waals surface area contributed by atoms with Gasteiger partial charge in [0.1, 0.15) is 11.6 Å². The van der Waals surface area contributed by atoms with Crippen molar-refractivity contribution in [3.63, 3.8) is 0 Å². The predicted molar refractivity (Wildman–Crippen MR) is 140 cm³/mol. The van der Waals surface area contributed by atoms with Gasteiger partial charge in [-0.15, -0.1) is 0 Å². The van der Waals surface area contributed by atoms with E-state index in [4.69, 9.17) is 4.74 Å². The molecule has 0 bridgehead atoms. The predicted octanol–water partition coefficient (Wildman–Crippen LogP) is 4.48. The van der Waals surface area contributed by atoms with Gasteiger partial charge < -0.3 is 19.4 Å². The normalized spacial score (nSPS) is 20.0. The second-order valence-electron chi connectivity index (χ2n) is 9.60.